The molecule has 0 radical (unpaired) electrons. The molecule has 0 aromatic heterocycles. The molecule has 0 aliphatic rings. The molecule has 0 bridgehead atoms. The van der Waals surface area contributed by atoms with E-state index in [1.807, 2.05) is 24.3 Å². The van der Waals surface area contributed by atoms with Gasteiger partial charge in [0.2, 0.25) is 0 Å². The van der Waals surface area contributed by atoms with Crippen molar-refractivity contribution >= 4 is 29.9 Å². The van der Waals surface area contributed by atoms with Crippen LogP contribution in [0.3, 0.4) is 0 Å². The van der Waals surface area contributed by atoms with Gasteiger partial charge in [-0.1, -0.05) is 12.1 Å². The second-order valence-corrected chi connectivity index (χ2v) is 5.12. The molecule has 8 heteroatoms. The van der Waals surface area contributed by atoms with Gasteiger partial charge >= 0.3 is 0 Å². The van der Waals surface area contributed by atoms with E-state index in [9.17, 15) is 8.78 Å². The summed E-state index contributed by atoms with van der Waals surface area (Å²) >= 11 is 0. The van der Waals surface area contributed by atoms with E-state index in [1.165, 1.54) is 6.07 Å². The Morgan fingerprint density at radius 1 is 1.08 bits per heavy atom. The summed E-state index contributed by atoms with van der Waals surface area (Å²) in [6.07, 6.45) is 0. The van der Waals surface area contributed by atoms with Crippen molar-refractivity contribution in [2.45, 2.75) is 6.54 Å². The zero-order valence-corrected chi connectivity index (χ0v) is 16.9. The average Bonchev–Trinajstić information content (AvgIpc) is 2.63. The maximum absolute atomic E-state index is 13.4. The molecule has 0 saturated carbocycles. The fourth-order valence-corrected chi connectivity index (χ4v) is 2.07. The second-order valence-electron chi connectivity index (χ2n) is 5.12. The molecule has 0 amide bonds. The maximum Gasteiger partial charge on any atom is 0.191 e. The van der Waals surface area contributed by atoms with E-state index in [0.717, 1.165) is 23.4 Å². The number of aliphatic imine (C=N–C) groups is 1. The van der Waals surface area contributed by atoms with Crippen LogP contribution in [-0.4, -0.2) is 33.3 Å². The highest BCUT2D eigenvalue weighted by Gasteiger charge is 2.05. The smallest absolute Gasteiger partial charge is 0.191 e. The molecular weight excluding hydrogens is 455 g/mol. The molecule has 0 atom stereocenters. The van der Waals surface area contributed by atoms with Crippen LogP contribution in [0.5, 0.6) is 11.5 Å². The molecule has 0 spiro atoms. The third kappa shape index (κ3) is 7.03. The Bertz CT molecular complexity index is 712. The third-order valence-corrected chi connectivity index (χ3v) is 3.39. The predicted molar refractivity (Wildman–Crippen MR) is 108 cm³/mol. The number of hydrogen-bond acceptors (Lipinski definition) is 3. The zero-order valence-electron chi connectivity index (χ0n) is 14.6. The minimum Gasteiger partial charge on any atom is -0.497 e. The van der Waals surface area contributed by atoms with Gasteiger partial charge in [0.15, 0.2) is 17.5 Å². The molecule has 0 unspecified atom stereocenters. The van der Waals surface area contributed by atoms with Crippen molar-refractivity contribution < 1.29 is 18.3 Å². The standard InChI is InChI=1S/C18H21F2N3O2.HI/c1-21-18(23-12-13-3-6-15(24-2)7-4-13)22-9-10-25-17-8-5-14(19)11-16(17)20;/h3-8,11H,9-10,12H2,1-2H3,(H2,21,22,23);1H. The lowest BCUT2D eigenvalue weighted by atomic mass is 10.2. The highest BCUT2D eigenvalue weighted by Crippen LogP contribution is 2.17. The van der Waals surface area contributed by atoms with E-state index >= 15 is 0 Å². The minimum atomic E-state index is -0.720. The normalized spacial score (nSPS) is 10.7. The Kier molecular flexibility index (Phi) is 9.71. The van der Waals surface area contributed by atoms with E-state index in [2.05, 4.69) is 15.6 Å². The topological polar surface area (TPSA) is 54.9 Å². The Labute approximate surface area is 168 Å². The van der Waals surface area contributed by atoms with Crippen molar-refractivity contribution in [3.8, 4) is 11.5 Å². The summed E-state index contributed by atoms with van der Waals surface area (Å²) in [6.45, 7) is 1.22. The number of rotatable bonds is 7. The number of halogens is 3. The summed E-state index contributed by atoms with van der Waals surface area (Å²) in [5, 5.41) is 6.22. The predicted octanol–water partition coefficient (Wildman–Crippen LogP) is 3.34. The second kappa shape index (κ2) is 11.5. The van der Waals surface area contributed by atoms with Gasteiger partial charge in [-0.3, -0.25) is 4.99 Å². The van der Waals surface area contributed by atoms with Crippen LogP contribution in [0.1, 0.15) is 5.56 Å². The van der Waals surface area contributed by atoms with Gasteiger partial charge in [0.1, 0.15) is 18.2 Å². The Hall–Kier alpha value is -2.10. The minimum absolute atomic E-state index is 0. The van der Waals surface area contributed by atoms with Crippen LogP contribution >= 0.6 is 24.0 Å². The Balaban J connectivity index is 0.00000338. The number of benzene rings is 2. The number of methoxy groups -OCH3 is 1. The zero-order chi connectivity index (χ0) is 18.1. The summed E-state index contributed by atoms with van der Waals surface area (Å²) in [5.41, 5.74) is 1.08. The summed E-state index contributed by atoms with van der Waals surface area (Å²) in [7, 11) is 3.28. The quantitative estimate of drug-likeness (QED) is 0.278. The Morgan fingerprint density at radius 3 is 2.42 bits per heavy atom. The van der Waals surface area contributed by atoms with Crippen molar-refractivity contribution in [1.29, 1.82) is 0 Å². The van der Waals surface area contributed by atoms with Crippen molar-refractivity contribution in [3.05, 3.63) is 59.7 Å². The maximum atomic E-state index is 13.4. The van der Waals surface area contributed by atoms with E-state index < -0.39 is 11.6 Å². The first kappa shape index (κ1) is 21.9. The first-order chi connectivity index (χ1) is 12.1. The SMILES string of the molecule is CN=C(NCCOc1ccc(F)cc1F)NCc1ccc(OC)cc1.I. The molecule has 0 aliphatic heterocycles. The molecule has 0 aliphatic carbocycles. The van der Waals surface area contributed by atoms with E-state index in [0.29, 0.717) is 19.0 Å². The number of guanidine groups is 1. The monoisotopic (exact) mass is 477 g/mol. The molecule has 2 aromatic rings. The van der Waals surface area contributed by atoms with Crippen molar-refractivity contribution in [3.63, 3.8) is 0 Å². The van der Waals surface area contributed by atoms with Crippen LogP contribution in [0.4, 0.5) is 8.78 Å². The number of hydrogen-bond donors (Lipinski definition) is 2. The summed E-state index contributed by atoms with van der Waals surface area (Å²) in [6, 6.07) is 10.9. The lowest BCUT2D eigenvalue weighted by Crippen LogP contribution is -2.38. The number of nitrogens with zero attached hydrogens (tertiary/aromatic N) is 1. The molecule has 2 rings (SSSR count). The van der Waals surface area contributed by atoms with E-state index in [4.69, 9.17) is 9.47 Å². The van der Waals surface area contributed by atoms with Gasteiger partial charge in [0.25, 0.3) is 0 Å². The fraction of sp³-hybridized carbons (Fsp3) is 0.278. The van der Waals surface area contributed by atoms with Gasteiger partial charge in [0, 0.05) is 19.7 Å². The van der Waals surface area contributed by atoms with Crippen molar-refractivity contribution in [2.75, 3.05) is 27.3 Å². The molecule has 26 heavy (non-hydrogen) atoms. The lowest BCUT2D eigenvalue weighted by Gasteiger charge is -2.13. The highest BCUT2D eigenvalue weighted by atomic mass is 127. The van der Waals surface area contributed by atoms with Crippen LogP contribution in [0.25, 0.3) is 0 Å². The summed E-state index contributed by atoms with van der Waals surface area (Å²) in [4.78, 5) is 4.10. The van der Waals surface area contributed by atoms with Gasteiger partial charge in [-0.25, -0.2) is 8.78 Å². The van der Waals surface area contributed by atoms with Crippen molar-refractivity contribution in [2.24, 2.45) is 4.99 Å². The molecule has 2 N–H and O–H groups in total. The van der Waals surface area contributed by atoms with E-state index in [1.54, 1.807) is 14.2 Å². The molecule has 5 nitrogen and oxygen atoms in total. The van der Waals surface area contributed by atoms with Crippen molar-refractivity contribution in [1.82, 2.24) is 10.6 Å². The van der Waals surface area contributed by atoms with Gasteiger partial charge in [-0.15, -0.1) is 24.0 Å². The van der Waals surface area contributed by atoms with Crippen LogP contribution in [0.15, 0.2) is 47.5 Å². The summed E-state index contributed by atoms with van der Waals surface area (Å²) < 4.78 is 36.6. The van der Waals surface area contributed by atoms with Gasteiger partial charge in [-0.05, 0) is 29.8 Å². The third-order valence-electron chi connectivity index (χ3n) is 3.39. The first-order valence-corrected chi connectivity index (χ1v) is 7.77. The van der Waals surface area contributed by atoms with Gasteiger partial charge in [-0.2, -0.15) is 0 Å². The van der Waals surface area contributed by atoms with Crippen LogP contribution < -0.4 is 20.1 Å². The summed E-state index contributed by atoms with van der Waals surface area (Å²) in [5.74, 6) is 0.0629. The molecule has 0 saturated heterocycles. The van der Waals surface area contributed by atoms with Gasteiger partial charge in [0.05, 0.1) is 13.7 Å². The largest absolute Gasteiger partial charge is 0.497 e. The molecule has 0 heterocycles. The molecular formula is C18H22F2IN3O2. The molecule has 142 valence electrons. The Morgan fingerprint density at radius 2 is 1.81 bits per heavy atom. The lowest BCUT2D eigenvalue weighted by molar-refractivity contribution is 0.304. The van der Waals surface area contributed by atoms with Gasteiger partial charge < -0.3 is 20.1 Å². The average molecular weight is 477 g/mol. The number of ether oxygens (including phenoxy) is 2. The fourth-order valence-electron chi connectivity index (χ4n) is 2.07. The molecule has 2 aromatic carbocycles. The van der Waals surface area contributed by atoms with Crippen LogP contribution in [0.2, 0.25) is 0 Å². The molecule has 0 fully saturated rings. The van der Waals surface area contributed by atoms with Crippen LogP contribution in [0, 0.1) is 11.6 Å². The van der Waals surface area contributed by atoms with Crippen LogP contribution in [-0.2, 0) is 6.54 Å². The first-order valence-electron chi connectivity index (χ1n) is 7.77. The number of nitrogens with one attached hydrogen (secondary N) is 2. The highest BCUT2D eigenvalue weighted by molar-refractivity contribution is 14.0. The van der Waals surface area contributed by atoms with E-state index in [-0.39, 0.29) is 36.3 Å².